The number of carbonyl (C=O) groups is 1. The van der Waals surface area contributed by atoms with Crippen LogP contribution in [0.15, 0.2) is 30.3 Å². The SMILES string of the molecule is COC(OC)c1ccc2ccc(COC=O)nc2c1. The van der Waals surface area contributed by atoms with E-state index in [4.69, 9.17) is 14.2 Å². The van der Waals surface area contributed by atoms with Gasteiger partial charge in [0, 0.05) is 25.2 Å². The van der Waals surface area contributed by atoms with Crippen LogP contribution in [0.4, 0.5) is 0 Å². The average Bonchev–Trinajstić information content (AvgIpc) is 2.46. The number of benzene rings is 1. The van der Waals surface area contributed by atoms with Gasteiger partial charge in [0.05, 0.1) is 11.2 Å². The highest BCUT2D eigenvalue weighted by molar-refractivity contribution is 5.79. The lowest BCUT2D eigenvalue weighted by atomic mass is 10.1. The molecular weight excluding hydrogens is 246 g/mol. The van der Waals surface area contributed by atoms with E-state index < -0.39 is 6.29 Å². The van der Waals surface area contributed by atoms with E-state index in [0.717, 1.165) is 16.5 Å². The number of fused-ring (bicyclic) bond motifs is 1. The van der Waals surface area contributed by atoms with Crippen LogP contribution in [0.5, 0.6) is 0 Å². The first-order chi connectivity index (χ1) is 9.28. The number of carbonyl (C=O) groups excluding carboxylic acids is 1. The zero-order valence-corrected chi connectivity index (χ0v) is 10.8. The predicted molar refractivity (Wildman–Crippen MR) is 69.4 cm³/mol. The maximum Gasteiger partial charge on any atom is 0.293 e. The van der Waals surface area contributed by atoms with E-state index in [1.165, 1.54) is 0 Å². The predicted octanol–water partition coefficient (Wildman–Crippen LogP) is 2.20. The fourth-order valence-electron chi connectivity index (χ4n) is 1.89. The Hall–Kier alpha value is -1.98. The fourth-order valence-corrected chi connectivity index (χ4v) is 1.89. The van der Waals surface area contributed by atoms with Crippen molar-refractivity contribution < 1.29 is 19.0 Å². The molecule has 0 aliphatic carbocycles. The van der Waals surface area contributed by atoms with E-state index in [2.05, 4.69) is 4.98 Å². The summed E-state index contributed by atoms with van der Waals surface area (Å²) in [5.41, 5.74) is 2.39. The quantitative estimate of drug-likeness (QED) is 0.589. The number of rotatable bonds is 6. The lowest BCUT2D eigenvalue weighted by Crippen LogP contribution is -2.03. The topological polar surface area (TPSA) is 57.7 Å². The molecule has 0 N–H and O–H groups in total. The number of nitrogens with zero attached hydrogens (tertiary/aromatic N) is 1. The molecule has 0 spiro atoms. The third-order valence-electron chi connectivity index (χ3n) is 2.77. The molecule has 0 saturated carbocycles. The zero-order valence-electron chi connectivity index (χ0n) is 10.8. The highest BCUT2D eigenvalue weighted by Gasteiger charge is 2.10. The minimum atomic E-state index is -0.416. The summed E-state index contributed by atoms with van der Waals surface area (Å²) in [6.45, 7) is 0.579. The number of aromatic nitrogens is 1. The molecule has 1 aromatic heterocycles. The average molecular weight is 261 g/mol. The number of hydrogen-bond acceptors (Lipinski definition) is 5. The first-order valence-electron chi connectivity index (χ1n) is 5.79. The van der Waals surface area contributed by atoms with Crippen LogP contribution in [-0.2, 0) is 25.6 Å². The van der Waals surface area contributed by atoms with Gasteiger partial charge in [0.25, 0.3) is 6.47 Å². The molecule has 0 aliphatic rings. The summed E-state index contributed by atoms with van der Waals surface area (Å²) in [4.78, 5) is 14.6. The molecule has 0 atom stereocenters. The summed E-state index contributed by atoms with van der Waals surface area (Å²) in [5, 5.41) is 1.00. The van der Waals surface area contributed by atoms with Crippen molar-refractivity contribution in [1.82, 2.24) is 4.98 Å². The molecule has 19 heavy (non-hydrogen) atoms. The molecule has 5 nitrogen and oxygen atoms in total. The molecule has 100 valence electrons. The van der Waals surface area contributed by atoms with Crippen LogP contribution in [0.1, 0.15) is 17.5 Å². The molecule has 5 heteroatoms. The monoisotopic (exact) mass is 261 g/mol. The molecule has 0 bridgehead atoms. The summed E-state index contributed by atoms with van der Waals surface area (Å²) in [7, 11) is 3.17. The molecule has 0 unspecified atom stereocenters. The van der Waals surface area contributed by atoms with Crippen LogP contribution in [0, 0.1) is 0 Å². The zero-order chi connectivity index (χ0) is 13.7. The number of ether oxygens (including phenoxy) is 3. The molecule has 2 rings (SSSR count). The van der Waals surface area contributed by atoms with Gasteiger partial charge in [-0.15, -0.1) is 0 Å². The number of pyridine rings is 1. The second-order valence-electron chi connectivity index (χ2n) is 3.97. The van der Waals surface area contributed by atoms with Crippen LogP contribution in [0.3, 0.4) is 0 Å². The molecule has 1 aromatic carbocycles. The van der Waals surface area contributed by atoms with Crippen molar-refractivity contribution in [2.24, 2.45) is 0 Å². The van der Waals surface area contributed by atoms with Crippen molar-refractivity contribution in [3.05, 3.63) is 41.6 Å². The molecule has 0 fully saturated rings. The van der Waals surface area contributed by atoms with Crippen LogP contribution in [-0.4, -0.2) is 25.7 Å². The third kappa shape index (κ3) is 3.07. The summed E-state index contributed by atoms with van der Waals surface area (Å²) < 4.78 is 15.1. The minimum absolute atomic E-state index is 0.168. The van der Waals surface area contributed by atoms with Gasteiger partial charge in [0.1, 0.15) is 6.61 Å². The largest absolute Gasteiger partial charge is 0.461 e. The Morgan fingerprint density at radius 3 is 2.63 bits per heavy atom. The summed E-state index contributed by atoms with van der Waals surface area (Å²) in [5.74, 6) is 0. The van der Waals surface area contributed by atoms with Crippen LogP contribution >= 0.6 is 0 Å². The van der Waals surface area contributed by atoms with Gasteiger partial charge in [0.2, 0.25) is 0 Å². The van der Waals surface area contributed by atoms with Gasteiger partial charge < -0.3 is 14.2 Å². The molecular formula is C14H15NO4. The Bertz CT molecular complexity index is 566. The van der Waals surface area contributed by atoms with E-state index >= 15 is 0 Å². The van der Waals surface area contributed by atoms with Gasteiger partial charge in [0.15, 0.2) is 6.29 Å². The Morgan fingerprint density at radius 2 is 1.95 bits per heavy atom. The molecule has 1 heterocycles. The molecule has 0 saturated heterocycles. The Balaban J connectivity index is 2.36. The van der Waals surface area contributed by atoms with Gasteiger partial charge in [-0.05, 0) is 12.1 Å². The van der Waals surface area contributed by atoms with Crippen LogP contribution in [0.25, 0.3) is 10.9 Å². The van der Waals surface area contributed by atoms with E-state index in [1.807, 2.05) is 30.3 Å². The van der Waals surface area contributed by atoms with Gasteiger partial charge in [-0.3, -0.25) is 4.79 Å². The summed E-state index contributed by atoms with van der Waals surface area (Å²) in [6.07, 6.45) is -0.416. The minimum Gasteiger partial charge on any atom is -0.461 e. The van der Waals surface area contributed by atoms with Crippen molar-refractivity contribution >= 4 is 17.4 Å². The second kappa shape index (κ2) is 6.26. The van der Waals surface area contributed by atoms with Crippen molar-refractivity contribution in [2.45, 2.75) is 12.9 Å². The summed E-state index contributed by atoms with van der Waals surface area (Å²) in [6, 6.07) is 9.55. The molecule has 0 radical (unpaired) electrons. The number of hydrogen-bond donors (Lipinski definition) is 0. The lowest BCUT2D eigenvalue weighted by Gasteiger charge is -2.14. The highest BCUT2D eigenvalue weighted by Crippen LogP contribution is 2.22. The van der Waals surface area contributed by atoms with Gasteiger partial charge in [-0.2, -0.15) is 0 Å². The van der Waals surface area contributed by atoms with E-state index in [0.29, 0.717) is 12.2 Å². The molecule has 2 aromatic rings. The maximum atomic E-state index is 10.2. The van der Waals surface area contributed by atoms with E-state index in [9.17, 15) is 4.79 Å². The van der Waals surface area contributed by atoms with Crippen LogP contribution < -0.4 is 0 Å². The van der Waals surface area contributed by atoms with E-state index in [-0.39, 0.29) is 6.61 Å². The third-order valence-corrected chi connectivity index (χ3v) is 2.77. The Kier molecular flexibility index (Phi) is 4.43. The Morgan fingerprint density at radius 1 is 1.21 bits per heavy atom. The molecule has 0 amide bonds. The van der Waals surface area contributed by atoms with Crippen molar-refractivity contribution in [2.75, 3.05) is 14.2 Å². The lowest BCUT2D eigenvalue weighted by molar-refractivity contribution is -0.129. The fraction of sp³-hybridized carbons (Fsp3) is 0.286. The second-order valence-corrected chi connectivity index (χ2v) is 3.97. The first kappa shape index (κ1) is 13.5. The van der Waals surface area contributed by atoms with Gasteiger partial charge in [-0.1, -0.05) is 18.2 Å². The van der Waals surface area contributed by atoms with Gasteiger partial charge in [-0.25, -0.2) is 4.98 Å². The summed E-state index contributed by atoms with van der Waals surface area (Å²) >= 11 is 0. The smallest absolute Gasteiger partial charge is 0.293 e. The standard InChI is InChI=1S/C14H15NO4/c1-17-14(18-2)11-4-3-10-5-6-12(8-19-9-16)15-13(10)7-11/h3-7,9,14H,8H2,1-2H3. The van der Waals surface area contributed by atoms with E-state index in [1.54, 1.807) is 14.2 Å². The number of methoxy groups -OCH3 is 2. The molecule has 0 aliphatic heterocycles. The van der Waals surface area contributed by atoms with Crippen LogP contribution in [0.2, 0.25) is 0 Å². The first-order valence-corrected chi connectivity index (χ1v) is 5.79. The maximum absolute atomic E-state index is 10.2. The van der Waals surface area contributed by atoms with Crippen molar-refractivity contribution in [1.29, 1.82) is 0 Å². The van der Waals surface area contributed by atoms with Gasteiger partial charge >= 0.3 is 0 Å². The normalized spacial score (nSPS) is 10.9. The van der Waals surface area contributed by atoms with Crippen molar-refractivity contribution in [3.8, 4) is 0 Å². The highest BCUT2D eigenvalue weighted by atomic mass is 16.7. The van der Waals surface area contributed by atoms with Crippen molar-refractivity contribution in [3.63, 3.8) is 0 Å². The Labute approximate surface area is 111 Å².